The second-order valence-electron chi connectivity index (χ2n) is 12.1. The highest BCUT2D eigenvalue weighted by atomic mass is 19.1. The average molecular weight is 438 g/mol. The van der Waals surface area contributed by atoms with Crippen LogP contribution in [0.5, 0.6) is 0 Å². The van der Waals surface area contributed by atoms with Crippen LogP contribution in [0.2, 0.25) is 0 Å². The molecule has 0 amide bonds. The lowest BCUT2D eigenvalue weighted by molar-refractivity contribution is -0.131. The Morgan fingerprint density at radius 1 is 1.06 bits per heavy atom. The highest BCUT2D eigenvalue weighted by molar-refractivity contribution is 5.90. The van der Waals surface area contributed by atoms with Crippen molar-refractivity contribution in [2.24, 2.45) is 46.8 Å². The monoisotopic (exact) mass is 437 g/mol. The summed E-state index contributed by atoms with van der Waals surface area (Å²) in [6.45, 7) is 4.75. The van der Waals surface area contributed by atoms with Gasteiger partial charge in [-0.15, -0.1) is 0 Å². The third-order valence-corrected chi connectivity index (χ3v) is 10.2. The van der Waals surface area contributed by atoms with Crippen LogP contribution in [0.3, 0.4) is 0 Å². The molecule has 3 nitrogen and oxygen atoms in total. The predicted molar refractivity (Wildman–Crippen MR) is 123 cm³/mol. The topological polar surface area (TPSA) is 49.3 Å². The Hall–Kier alpha value is -1.68. The molecule has 5 aliphatic rings. The summed E-state index contributed by atoms with van der Waals surface area (Å²) >= 11 is 0. The second-order valence-corrected chi connectivity index (χ2v) is 12.1. The van der Waals surface area contributed by atoms with Crippen LogP contribution >= 0.6 is 0 Å². The molecule has 32 heavy (non-hydrogen) atoms. The molecule has 6 rings (SSSR count). The van der Waals surface area contributed by atoms with Crippen LogP contribution < -0.4 is 5.32 Å². The van der Waals surface area contributed by atoms with E-state index in [0.717, 1.165) is 42.7 Å². The van der Waals surface area contributed by atoms with E-state index in [1.165, 1.54) is 43.4 Å². The molecule has 1 unspecified atom stereocenters. The molecule has 4 fully saturated rings. The number of rotatable bonds is 4. The Labute approximate surface area is 190 Å². The first kappa shape index (κ1) is 20.9. The van der Waals surface area contributed by atoms with Crippen LogP contribution in [0.15, 0.2) is 35.9 Å². The lowest BCUT2D eigenvalue weighted by Gasteiger charge is -2.57. The number of hydrogen-bond donors (Lipinski definition) is 2. The van der Waals surface area contributed by atoms with Gasteiger partial charge in [-0.3, -0.25) is 4.79 Å². The first-order chi connectivity index (χ1) is 15.3. The lowest BCUT2D eigenvalue weighted by Crippen LogP contribution is -2.52. The first-order valence-electron chi connectivity index (χ1n) is 12.7. The Balaban J connectivity index is 1.18. The average Bonchev–Trinajstić information content (AvgIpc) is 3.46. The Kier molecular flexibility index (Phi) is 4.67. The minimum atomic E-state index is -0.467. The molecule has 9 atom stereocenters. The van der Waals surface area contributed by atoms with Gasteiger partial charge in [0.2, 0.25) is 0 Å². The van der Waals surface area contributed by atoms with E-state index in [9.17, 15) is 14.3 Å². The summed E-state index contributed by atoms with van der Waals surface area (Å²) in [4.78, 5) is 13.4. The number of benzene rings is 1. The fourth-order valence-electron chi connectivity index (χ4n) is 8.92. The van der Waals surface area contributed by atoms with Gasteiger partial charge in [0.25, 0.3) is 0 Å². The molecule has 5 aliphatic carbocycles. The summed E-state index contributed by atoms with van der Waals surface area (Å²) in [5, 5.41) is 13.9. The molecule has 0 spiro atoms. The summed E-state index contributed by atoms with van der Waals surface area (Å²) in [5.41, 5.74) is 1.84. The lowest BCUT2D eigenvalue weighted by atomic mass is 9.48. The van der Waals surface area contributed by atoms with Crippen molar-refractivity contribution in [3.05, 3.63) is 41.7 Å². The number of ketones is 1. The van der Waals surface area contributed by atoms with Crippen molar-refractivity contribution in [2.45, 2.75) is 64.4 Å². The summed E-state index contributed by atoms with van der Waals surface area (Å²) in [7, 11) is 0. The number of anilines is 1. The van der Waals surface area contributed by atoms with Crippen LogP contribution in [-0.4, -0.2) is 23.0 Å². The van der Waals surface area contributed by atoms with Crippen LogP contribution in [-0.2, 0) is 4.79 Å². The molecule has 0 aliphatic heterocycles. The minimum absolute atomic E-state index is 0.0520. The van der Waals surface area contributed by atoms with Crippen molar-refractivity contribution in [2.75, 3.05) is 11.9 Å². The van der Waals surface area contributed by atoms with Crippen molar-refractivity contribution >= 4 is 11.5 Å². The van der Waals surface area contributed by atoms with E-state index in [1.807, 2.05) is 6.92 Å². The van der Waals surface area contributed by atoms with Gasteiger partial charge >= 0.3 is 0 Å². The first-order valence-corrected chi connectivity index (χ1v) is 12.7. The van der Waals surface area contributed by atoms with Crippen molar-refractivity contribution in [3.63, 3.8) is 0 Å². The van der Waals surface area contributed by atoms with Crippen molar-refractivity contribution in [3.8, 4) is 0 Å². The van der Waals surface area contributed by atoms with Crippen LogP contribution in [0.25, 0.3) is 0 Å². The zero-order chi connectivity index (χ0) is 22.3. The third-order valence-electron chi connectivity index (χ3n) is 10.2. The number of carbonyl (C=O) groups is 1. The molecular formula is C28H36FNO2. The van der Waals surface area contributed by atoms with E-state index in [4.69, 9.17) is 0 Å². The molecule has 4 heteroatoms. The molecule has 4 saturated carbocycles. The Morgan fingerprint density at radius 2 is 1.81 bits per heavy atom. The van der Waals surface area contributed by atoms with Gasteiger partial charge in [-0.2, -0.15) is 0 Å². The summed E-state index contributed by atoms with van der Waals surface area (Å²) in [6.07, 6.45) is 10.4. The number of allylic oxidation sites excluding steroid dienone is 2. The minimum Gasteiger partial charge on any atom is -0.390 e. The zero-order valence-corrected chi connectivity index (χ0v) is 19.3. The number of hydrogen-bond acceptors (Lipinski definition) is 3. The van der Waals surface area contributed by atoms with Gasteiger partial charge in [0.15, 0.2) is 5.78 Å². The number of carbonyl (C=O) groups excluding carboxylic acids is 1. The Bertz CT molecular complexity index is 953. The maximum atomic E-state index is 13.4. The predicted octanol–water partition coefficient (Wildman–Crippen LogP) is 5.60. The van der Waals surface area contributed by atoms with E-state index in [1.54, 1.807) is 12.1 Å². The van der Waals surface area contributed by atoms with Gasteiger partial charge in [-0.1, -0.05) is 18.6 Å². The fraction of sp³-hybridized carbons (Fsp3) is 0.679. The Morgan fingerprint density at radius 3 is 2.59 bits per heavy atom. The molecule has 172 valence electrons. The van der Waals surface area contributed by atoms with E-state index in [0.29, 0.717) is 30.1 Å². The molecule has 0 radical (unpaired) electrons. The maximum Gasteiger partial charge on any atom is 0.159 e. The standard InChI is InChI=1S/C28H36FNO2/c1-27(32)11-9-19-16(14-27)3-8-21-20(19)10-12-28(2)25(21)22-13-23(22)26(28)24(31)15-30-18-6-4-17(29)5-7-18/h4-7,13,16,19-22,25-26,30,32H,3,8-12,14-15H2,1-2H3/t16-,19+,20?,21-,22-,25-,26-,27-,28+/m1/s1. The van der Waals surface area contributed by atoms with Gasteiger partial charge in [0.1, 0.15) is 5.82 Å². The molecule has 0 bridgehead atoms. The molecule has 0 aromatic heterocycles. The number of fused-ring (bicyclic) bond motifs is 7. The normalized spacial score (nSPS) is 46.2. The maximum absolute atomic E-state index is 13.4. The summed E-state index contributed by atoms with van der Waals surface area (Å²) < 4.78 is 13.2. The van der Waals surface area contributed by atoms with E-state index in [2.05, 4.69) is 18.3 Å². The summed E-state index contributed by atoms with van der Waals surface area (Å²) in [6, 6.07) is 6.27. The number of nitrogens with one attached hydrogen (secondary N) is 1. The number of halogens is 1. The van der Waals surface area contributed by atoms with E-state index in [-0.39, 0.29) is 17.2 Å². The smallest absolute Gasteiger partial charge is 0.159 e. The van der Waals surface area contributed by atoms with Gasteiger partial charge in [0.05, 0.1) is 12.1 Å². The highest BCUT2D eigenvalue weighted by Gasteiger charge is 2.66. The summed E-state index contributed by atoms with van der Waals surface area (Å²) in [5.74, 6) is 4.25. The van der Waals surface area contributed by atoms with Gasteiger partial charge in [0, 0.05) is 17.5 Å². The third kappa shape index (κ3) is 3.20. The van der Waals surface area contributed by atoms with Gasteiger partial charge in [-0.25, -0.2) is 4.39 Å². The zero-order valence-electron chi connectivity index (χ0n) is 19.3. The van der Waals surface area contributed by atoms with Crippen molar-refractivity contribution in [1.29, 1.82) is 0 Å². The molecule has 1 aromatic rings. The second kappa shape index (κ2) is 7.16. The van der Waals surface area contributed by atoms with Crippen LogP contribution in [0.4, 0.5) is 10.1 Å². The number of Topliss-reactive ketones (excluding diaryl/α,β-unsaturated/α-hetero) is 1. The molecule has 2 N–H and O–H groups in total. The van der Waals surface area contributed by atoms with Crippen molar-refractivity contribution in [1.82, 2.24) is 0 Å². The van der Waals surface area contributed by atoms with Crippen molar-refractivity contribution < 1.29 is 14.3 Å². The quantitative estimate of drug-likeness (QED) is 0.603. The number of aliphatic hydroxyl groups is 1. The molecular weight excluding hydrogens is 401 g/mol. The van der Waals surface area contributed by atoms with Crippen LogP contribution in [0.1, 0.15) is 58.8 Å². The SMILES string of the molecule is C[C@@]1(O)CC[C@@H]2C3CC[C@]4(C)[C@@H](C(=O)CNc5ccc(F)cc5)C5=C[C@H]5[C@H]4[C@@H]3CC[C@@H]2C1. The molecule has 0 heterocycles. The van der Waals surface area contributed by atoms with E-state index >= 15 is 0 Å². The van der Waals surface area contributed by atoms with E-state index < -0.39 is 5.60 Å². The molecule has 1 aromatic carbocycles. The fourth-order valence-corrected chi connectivity index (χ4v) is 8.92. The highest BCUT2D eigenvalue weighted by Crippen LogP contribution is 2.71. The largest absolute Gasteiger partial charge is 0.390 e. The van der Waals surface area contributed by atoms with Gasteiger partial charge in [-0.05, 0) is 111 Å². The van der Waals surface area contributed by atoms with Crippen LogP contribution in [0, 0.1) is 52.7 Å². The van der Waals surface area contributed by atoms with Gasteiger partial charge < -0.3 is 10.4 Å². The molecule has 0 saturated heterocycles.